The van der Waals surface area contributed by atoms with Crippen LogP contribution in [0.25, 0.3) is 0 Å². The Morgan fingerprint density at radius 2 is 2.41 bits per heavy atom. The first kappa shape index (κ1) is 14.8. The van der Waals surface area contributed by atoms with Gasteiger partial charge in [-0.05, 0) is 43.9 Å². The van der Waals surface area contributed by atoms with Gasteiger partial charge in [0.05, 0.1) is 6.33 Å². The van der Waals surface area contributed by atoms with Crippen LogP contribution in [0, 0.1) is 5.92 Å². The number of amides is 1. The highest BCUT2D eigenvalue weighted by molar-refractivity contribution is 5.92. The van der Waals surface area contributed by atoms with Crippen molar-refractivity contribution >= 4 is 5.91 Å². The number of hydrogen-bond donors (Lipinski definition) is 3. The molecule has 3 rings (SSSR count). The molecule has 0 radical (unpaired) electrons. The van der Waals surface area contributed by atoms with E-state index in [2.05, 4.69) is 25.2 Å². The number of rotatable bonds is 6. The first-order valence-electron chi connectivity index (χ1n) is 7.92. The van der Waals surface area contributed by atoms with E-state index in [0.29, 0.717) is 11.6 Å². The van der Waals surface area contributed by atoms with Crippen LogP contribution in [0.4, 0.5) is 0 Å². The van der Waals surface area contributed by atoms with Crippen molar-refractivity contribution < 1.29 is 4.79 Å². The lowest BCUT2D eigenvalue weighted by molar-refractivity contribution is 0.0942. The highest BCUT2D eigenvalue weighted by Crippen LogP contribution is 2.20. The first-order chi connectivity index (χ1) is 10.8. The smallest absolute Gasteiger partial charge is 0.267 e. The van der Waals surface area contributed by atoms with E-state index in [1.165, 1.54) is 18.5 Å². The van der Waals surface area contributed by atoms with Crippen LogP contribution >= 0.6 is 0 Å². The Bertz CT molecular complexity index is 563. The van der Waals surface area contributed by atoms with Crippen molar-refractivity contribution in [3.8, 4) is 0 Å². The van der Waals surface area contributed by atoms with Crippen LogP contribution in [0.15, 0.2) is 30.9 Å². The van der Waals surface area contributed by atoms with Crippen molar-refractivity contribution in [2.75, 3.05) is 19.6 Å². The number of aromatic nitrogens is 3. The summed E-state index contributed by atoms with van der Waals surface area (Å²) in [5.74, 6) is 0.635. The molecule has 1 aliphatic heterocycles. The first-order valence-corrected chi connectivity index (χ1v) is 7.92. The third-order valence-electron chi connectivity index (χ3n) is 4.23. The summed E-state index contributed by atoms with van der Waals surface area (Å²) in [7, 11) is 0. The number of imidazole rings is 1. The summed E-state index contributed by atoms with van der Waals surface area (Å²) in [6.07, 6.45) is 8.89. The third kappa shape index (κ3) is 3.98. The molecule has 3 N–H and O–H groups in total. The lowest BCUT2D eigenvalue weighted by atomic mass is 9.94. The molecule has 0 aromatic carbocycles. The monoisotopic (exact) mass is 301 g/mol. The highest BCUT2D eigenvalue weighted by Gasteiger charge is 2.20. The number of likely N-dealkylation sites (tertiary alicyclic amines) is 1. The molecule has 0 bridgehead atoms. The van der Waals surface area contributed by atoms with Crippen LogP contribution in [-0.2, 0) is 6.54 Å². The van der Waals surface area contributed by atoms with E-state index in [-0.39, 0.29) is 5.91 Å². The Labute approximate surface area is 130 Å². The van der Waals surface area contributed by atoms with Gasteiger partial charge in [0.15, 0.2) is 0 Å². The fourth-order valence-electron chi connectivity index (χ4n) is 3.10. The summed E-state index contributed by atoms with van der Waals surface area (Å²) in [5, 5.41) is 2.99. The summed E-state index contributed by atoms with van der Waals surface area (Å²) >= 11 is 0. The molecule has 6 nitrogen and oxygen atoms in total. The Hall–Kier alpha value is -2.08. The Morgan fingerprint density at radius 1 is 1.45 bits per heavy atom. The summed E-state index contributed by atoms with van der Waals surface area (Å²) in [6.45, 7) is 3.91. The Kier molecular flexibility index (Phi) is 4.90. The average Bonchev–Trinajstić information content (AvgIpc) is 3.21. The van der Waals surface area contributed by atoms with Gasteiger partial charge in [0.1, 0.15) is 5.69 Å². The fourth-order valence-corrected chi connectivity index (χ4v) is 3.10. The van der Waals surface area contributed by atoms with Gasteiger partial charge in [0.2, 0.25) is 0 Å². The SMILES string of the molecule is O=C(NCCC1CCCN(Cc2cnc[nH]2)C1)c1ccc[nH]1. The van der Waals surface area contributed by atoms with Crippen molar-refractivity contribution in [3.05, 3.63) is 42.2 Å². The highest BCUT2D eigenvalue weighted by atomic mass is 16.1. The van der Waals surface area contributed by atoms with E-state index in [9.17, 15) is 4.79 Å². The fraction of sp³-hybridized carbons (Fsp3) is 0.500. The normalized spacial score (nSPS) is 19.2. The Balaban J connectivity index is 1.40. The van der Waals surface area contributed by atoms with E-state index in [1.54, 1.807) is 18.6 Å². The molecule has 118 valence electrons. The lowest BCUT2D eigenvalue weighted by Crippen LogP contribution is -2.36. The van der Waals surface area contributed by atoms with Crippen molar-refractivity contribution in [1.29, 1.82) is 0 Å². The average molecular weight is 301 g/mol. The molecule has 0 saturated carbocycles. The number of carbonyl (C=O) groups is 1. The zero-order valence-corrected chi connectivity index (χ0v) is 12.7. The van der Waals surface area contributed by atoms with Crippen LogP contribution in [0.1, 0.15) is 35.4 Å². The van der Waals surface area contributed by atoms with Gasteiger partial charge < -0.3 is 15.3 Å². The molecule has 1 unspecified atom stereocenters. The van der Waals surface area contributed by atoms with E-state index in [0.717, 1.165) is 32.6 Å². The van der Waals surface area contributed by atoms with Crippen molar-refractivity contribution in [2.45, 2.75) is 25.8 Å². The molecule has 6 heteroatoms. The summed E-state index contributed by atoms with van der Waals surface area (Å²) in [6, 6.07) is 3.63. The molecule has 1 saturated heterocycles. The standard InChI is InChI=1S/C16H23N5O/c22-16(15-4-1-6-18-15)19-7-5-13-3-2-8-21(10-13)11-14-9-17-12-20-14/h1,4,6,9,12-13,18H,2-3,5,7-8,10-11H2,(H,17,20)(H,19,22). The minimum Gasteiger partial charge on any atom is -0.357 e. The van der Waals surface area contributed by atoms with Crippen LogP contribution < -0.4 is 5.32 Å². The molecule has 1 fully saturated rings. The number of hydrogen-bond acceptors (Lipinski definition) is 3. The van der Waals surface area contributed by atoms with Crippen LogP contribution in [0.3, 0.4) is 0 Å². The summed E-state index contributed by atoms with van der Waals surface area (Å²) < 4.78 is 0. The molecule has 3 heterocycles. The molecular weight excluding hydrogens is 278 g/mol. The van der Waals surface area contributed by atoms with Gasteiger partial charge in [-0.3, -0.25) is 9.69 Å². The van der Waals surface area contributed by atoms with E-state index in [1.807, 2.05) is 12.3 Å². The van der Waals surface area contributed by atoms with Gasteiger partial charge in [-0.2, -0.15) is 0 Å². The molecule has 0 aliphatic carbocycles. The van der Waals surface area contributed by atoms with Gasteiger partial charge in [-0.25, -0.2) is 4.98 Å². The minimum atomic E-state index is -0.0184. The van der Waals surface area contributed by atoms with E-state index in [4.69, 9.17) is 0 Å². The van der Waals surface area contributed by atoms with E-state index < -0.39 is 0 Å². The maximum atomic E-state index is 11.9. The van der Waals surface area contributed by atoms with Crippen molar-refractivity contribution in [3.63, 3.8) is 0 Å². The predicted octanol–water partition coefficient (Wildman–Crippen LogP) is 1.77. The van der Waals surface area contributed by atoms with Crippen LogP contribution in [0.2, 0.25) is 0 Å². The molecule has 0 spiro atoms. The van der Waals surface area contributed by atoms with Crippen molar-refractivity contribution in [1.82, 2.24) is 25.2 Å². The van der Waals surface area contributed by atoms with Crippen LogP contribution in [0.5, 0.6) is 0 Å². The number of nitrogens with one attached hydrogen (secondary N) is 3. The molecule has 2 aromatic rings. The molecular formula is C16H23N5O. The zero-order chi connectivity index (χ0) is 15.2. The van der Waals surface area contributed by atoms with Gasteiger partial charge >= 0.3 is 0 Å². The maximum Gasteiger partial charge on any atom is 0.267 e. The van der Waals surface area contributed by atoms with E-state index >= 15 is 0 Å². The second kappa shape index (κ2) is 7.26. The van der Waals surface area contributed by atoms with Gasteiger partial charge in [-0.1, -0.05) is 0 Å². The van der Waals surface area contributed by atoms with Gasteiger partial charge in [0, 0.05) is 37.7 Å². The molecule has 1 atom stereocenters. The molecule has 1 amide bonds. The lowest BCUT2D eigenvalue weighted by Gasteiger charge is -2.32. The van der Waals surface area contributed by atoms with Crippen LogP contribution in [-0.4, -0.2) is 45.4 Å². The number of carbonyl (C=O) groups excluding carboxylic acids is 1. The third-order valence-corrected chi connectivity index (χ3v) is 4.23. The predicted molar refractivity (Wildman–Crippen MR) is 84.3 cm³/mol. The number of aromatic amines is 2. The largest absolute Gasteiger partial charge is 0.357 e. The number of nitrogens with zero attached hydrogens (tertiary/aromatic N) is 2. The number of piperidine rings is 1. The maximum absolute atomic E-state index is 11.9. The van der Waals surface area contributed by atoms with Gasteiger partial charge in [0.25, 0.3) is 5.91 Å². The van der Waals surface area contributed by atoms with Gasteiger partial charge in [-0.15, -0.1) is 0 Å². The second-order valence-corrected chi connectivity index (χ2v) is 5.95. The quantitative estimate of drug-likeness (QED) is 0.761. The zero-order valence-electron chi connectivity index (χ0n) is 12.7. The summed E-state index contributed by atoms with van der Waals surface area (Å²) in [4.78, 5) is 24.5. The van der Waals surface area contributed by atoms with Crippen molar-refractivity contribution in [2.24, 2.45) is 5.92 Å². The topological polar surface area (TPSA) is 76.8 Å². The minimum absolute atomic E-state index is 0.0184. The number of H-pyrrole nitrogens is 2. The second-order valence-electron chi connectivity index (χ2n) is 5.95. The Morgan fingerprint density at radius 3 is 3.18 bits per heavy atom. The molecule has 2 aromatic heterocycles. The molecule has 22 heavy (non-hydrogen) atoms. The molecule has 1 aliphatic rings. The summed E-state index contributed by atoms with van der Waals surface area (Å²) in [5.41, 5.74) is 1.80.